The number of carboxylic acid groups (broad SMARTS) is 1. The summed E-state index contributed by atoms with van der Waals surface area (Å²) in [6.45, 7) is 1.84. The zero-order chi connectivity index (χ0) is 10.8. The Labute approximate surface area is 91.7 Å². The first kappa shape index (κ1) is 10.4. The molecule has 0 spiro atoms. The number of carboxylic acids is 1. The molecule has 0 aliphatic heterocycles. The van der Waals surface area contributed by atoms with Crippen LogP contribution in [0.4, 0.5) is 5.13 Å². The van der Waals surface area contributed by atoms with E-state index >= 15 is 0 Å². The number of aromatic nitrogens is 2. The Kier molecular flexibility index (Phi) is 2.86. The summed E-state index contributed by atoms with van der Waals surface area (Å²) in [5.41, 5.74) is 0. The van der Waals surface area contributed by atoms with Crippen molar-refractivity contribution in [1.82, 2.24) is 9.36 Å². The number of anilines is 1. The van der Waals surface area contributed by atoms with E-state index in [1.807, 2.05) is 6.92 Å². The number of aryl methyl sites for hydroxylation is 1. The molecule has 1 aromatic rings. The van der Waals surface area contributed by atoms with Gasteiger partial charge in [0, 0.05) is 17.6 Å². The smallest absolute Gasteiger partial charge is 0.306 e. The zero-order valence-corrected chi connectivity index (χ0v) is 9.25. The molecule has 2 atom stereocenters. The van der Waals surface area contributed by atoms with Crippen LogP contribution in [0.15, 0.2) is 0 Å². The van der Waals surface area contributed by atoms with Crippen molar-refractivity contribution in [1.29, 1.82) is 0 Å². The fourth-order valence-electron chi connectivity index (χ4n) is 1.87. The molecule has 15 heavy (non-hydrogen) atoms. The normalized spacial score (nSPS) is 25.4. The second-order valence-corrected chi connectivity index (χ2v) is 4.59. The van der Waals surface area contributed by atoms with Crippen molar-refractivity contribution >= 4 is 22.6 Å². The van der Waals surface area contributed by atoms with Gasteiger partial charge in [-0.3, -0.25) is 4.79 Å². The number of nitrogens with zero attached hydrogens (tertiary/aromatic N) is 2. The monoisotopic (exact) mass is 227 g/mol. The van der Waals surface area contributed by atoms with E-state index in [-0.39, 0.29) is 12.0 Å². The van der Waals surface area contributed by atoms with E-state index in [1.54, 1.807) is 0 Å². The maximum Gasteiger partial charge on any atom is 0.306 e. The van der Waals surface area contributed by atoms with Gasteiger partial charge in [-0.2, -0.15) is 4.37 Å². The summed E-state index contributed by atoms with van der Waals surface area (Å²) < 4.78 is 4.06. The first-order valence-electron chi connectivity index (χ1n) is 4.95. The van der Waals surface area contributed by atoms with Crippen LogP contribution in [-0.2, 0) is 4.79 Å². The zero-order valence-electron chi connectivity index (χ0n) is 8.43. The lowest BCUT2D eigenvalue weighted by Crippen LogP contribution is -2.17. The number of carbonyl (C=O) groups is 1. The SMILES string of the molecule is Cc1nsc(NC2CCC(C(=O)O)C2)n1. The fourth-order valence-corrected chi connectivity index (χ4v) is 2.52. The Hall–Kier alpha value is -1.17. The number of hydrogen-bond donors (Lipinski definition) is 2. The molecule has 0 bridgehead atoms. The first-order chi connectivity index (χ1) is 7.15. The number of nitrogens with one attached hydrogen (secondary N) is 1. The Morgan fingerprint density at radius 1 is 1.60 bits per heavy atom. The lowest BCUT2D eigenvalue weighted by Gasteiger charge is -2.09. The molecular weight excluding hydrogens is 214 g/mol. The standard InChI is InChI=1S/C9H13N3O2S/c1-5-10-9(15-12-5)11-7-3-2-6(4-7)8(13)14/h6-7H,2-4H2,1H3,(H,13,14)(H,10,11,12). The maximum atomic E-state index is 10.8. The summed E-state index contributed by atoms with van der Waals surface area (Å²) in [6, 6.07) is 0.235. The number of rotatable bonds is 3. The minimum Gasteiger partial charge on any atom is -0.481 e. The largest absolute Gasteiger partial charge is 0.481 e. The van der Waals surface area contributed by atoms with Gasteiger partial charge in [0.15, 0.2) is 0 Å². The van der Waals surface area contributed by atoms with Gasteiger partial charge >= 0.3 is 5.97 Å². The summed E-state index contributed by atoms with van der Waals surface area (Å²) in [5, 5.41) is 12.9. The molecule has 2 N–H and O–H groups in total. The van der Waals surface area contributed by atoms with Crippen molar-refractivity contribution in [3.63, 3.8) is 0 Å². The molecule has 0 aromatic carbocycles. The Morgan fingerprint density at radius 2 is 2.40 bits per heavy atom. The van der Waals surface area contributed by atoms with E-state index in [0.717, 1.165) is 23.8 Å². The molecule has 5 nitrogen and oxygen atoms in total. The van der Waals surface area contributed by atoms with Crippen LogP contribution in [0.2, 0.25) is 0 Å². The van der Waals surface area contributed by atoms with Crippen molar-refractivity contribution in [2.75, 3.05) is 5.32 Å². The van der Waals surface area contributed by atoms with Crippen LogP contribution in [0.3, 0.4) is 0 Å². The molecule has 0 radical (unpaired) electrons. The average Bonchev–Trinajstić information content (AvgIpc) is 2.76. The Bertz CT molecular complexity index is 366. The minimum atomic E-state index is -0.687. The van der Waals surface area contributed by atoms with E-state index in [2.05, 4.69) is 14.7 Å². The minimum absolute atomic E-state index is 0.198. The van der Waals surface area contributed by atoms with Gasteiger partial charge in [0.2, 0.25) is 5.13 Å². The molecule has 1 saturated carbocycles. The third-order valence-electron chi connectivity index (χ3n) is 2.64. The van der Waals surface area contributed by atoms with Crippen molar-refractivity contribution in [2.24, 2.45) is 5.92 Å². The summed E-state index contributed by atoms with van der Waals surface area (Å²) >= 11 is 1.33. The Balaban J connectivity index is 1.90. The Morgan fingerprint density at radius 3 is 2.93 bits per heavy atom. The van der Waals surface area contributed by atoms with Crippen molar-refractivity contribution in [2.45, 2.75) is 32.2 Å². The van der Waals surface area contributed by atoms with Crippen LogP contribution in [-0.4, -0.2) is 26.5 Å². The van der Waals surface area contributed by atoms with Gasteiger partial charge in [-0.1, -0.05) is 0 Å². The average molecular weight is 227 g/mol. The second kappa shape index (κ2) is 4.14. The summed E-state index contributed by atoms with van der Waals surface area (Å²) in [4.78, 5) is 14.9. The lowest BCUT2D eigenvalue weighted by molar-refractivity contribution is -0.141. The topological polar surface area (TPSA) is 75.1 Å². The van der Waals surface area contributed by atoms with E-state index in [0.29, 0.717) is 6.42 Å². The van der Waals surface area contributed by atoms with Gasteiger partial charge in [-0.15, -0.1) is 0 Å². The highest BCUT2D eigenvalue weighted by Crippen LogP contribution is 2.28. The van der Waals surface area contributed by atoms with Gasteiger partial charge in [-0.05, 0) is 26.2 Å². The summed E-state index contributed by atoms with van der Waals surface area (Å²) in [7, 11) is 0. The molecule has 1 fully saturated rings. The van der Waals surface area contributed by atoms with Crippen LogP contribution in [0.1, 0.15) is 25.1 Å². The van der Waals surface area contributed by atoms with Crippen LogP contribution in [0.25, 0.3) is 0 Å². The van der Waals surface area contributed by atoms with Crippen molar-refractivity contribution in [3.05, 3.63) is 5.82 Å². The maximum absolute atomic E-state index is 10.8. The molecule has 6 heteroatoms. The summed E-state index contributed by atoms with van der Waals surface area (Å²) in [6.07, 6.45) is 2.34. The molecule has 2 unspecified atom stereocenters. The fraction of sp³-hybridized carbons (Fsp3) is 0.667. The van der Waals surface area contributed by atoms with Crippen LogP contribution >= 0.6 is 11.5 Å². The molecular formula is C9H13N3O2S. The number of hydrogen-bond acceptors (Lipinski definition) is 5. The van der Waals surface area contributed by atoms with Gasteiger partial charge in [0.25, 0.3) is 0 Å². The van der Waals surface area contributed by atoms with E-state index < -0.39 is 5.97 Å². The van der Waals surface area contributed by atoms with Gasteiger partial charge < -0.3 is 10.4 Å². The predicted octanol–water partition coefficient (Wildman–Crippen LogP) is 1.51. The van der Waals surface area contributed by atoms with Crippen LogP contribution in [0.5, 0.6) is 0 Å². The third-order valence-corrected chi connectivity index (χ3v) is 3.37. The quantitative estimate of drug-likeness (QED) is 0.818. The highest BCUT2D eigenvalue weighted by atomic mass is 32.1. The summed E-state index contributed by atoms with van der Waals surface area (Å²) in [5.74, 6) is -0.125. The molecule has 2 rings (SSSR count). The molecule has 1 heterocycles. The van der Waals surface area contributed by atoms with E-state index in [4.69, 9.17) is 5.11 Å². The van der Waals surface area contributed by atoms with E-state index in [9.17, 15) is 4.79 Å². The van der Waals surface area contributed by atoms with Gasteiger partial charge in [0.05, 0.1) is 5.92 Å². The van der Waals surface area contributed by atoms with Crippen LogP contribution < -0.4 is 5.32 Å². The molecule has 1 aliphatic carbocycles. The molecule has 0 amide bonds. The highest BCUT2D eigenvalue weighted by Gasteiger charge is 2.29. The number of aliphatic carboxylic acids is 1. The highest BCUT2D eigenvalue weighted by molar-refractivity contribution is 7.09. The molecule has 0 saturated heterocycles. The molecule has 1 aromatic heterocycles. The first-order valence-corrected chi connectivity index (χ1v) is 5.72. The van der Waals surface area contributed by atoms with Crippen molar-refractivity contribution < 1.29 is 9.90 Å². The predicted molar refractivity (Wildman–Crippen MR) is 57.0 cm³/mol. The molecule has 82 valence electrons. The third kappa shape index (κ3) is 2.44. The van der Waals surface area contributed by atoms with E-state index in [1.165, 1.54) is 11.5 Å². The van der Waals surface area contributed by atoms with Gasteiger partial charge in [0.1, 0.15) is 5.82 Å². The van der Waals surface area contributed by atoms with Crippen molar-refractivity contribution in [3.8, 4) is 0 Å². The lowest BCUT2D eigenvalue weighted by atomic mass is 10.1. The van der Waals surface area contributed by atoms with Gasteiger partial charge in [-0.25, -0.2) is 4.98 Å². The molecule has 1 aliphatic rings. The van der Waals surface area contributed by atoms with Crippen LogP contribution in [0, 0.1) is 12.8 Å². The second-order valence-electron chi connectivity index (χ2n) is 3.84.